The minimum Gasteiger partial charge on any atom is -0.307 e. The van der Waals surface area contributed by atoms with Crippen LogP contribution in [0.15, 0.2) is 27.4 Å². The highest BCUT2D eigenvalue weighted by atomic mass is 32.2. The predicted molar refractivity (Wildman–Crippen MR) is 65.1 cm³/mol. The van der Waals surface area contributed by atoms with Crippen molar-refractivity contribution in [2.24, 2.45) is 5.84 Å². The fraction of sp³-hybridized carbons (Fsp3) is 0.333. The monoisotopic (exact) mass is 265 g/mol. The molecule has 0 aliphatic heterocycles. The van der Waals surface area contributed by atoms with Crippen molar-refractivity contribution < 1.29 is 0 Å². The Labute approximate surface area is 106 Å². The molecule has 2 aromatic heterocycles. The first-order chi connectivity index (χ1) is 8.78. The number of hydrogen-bond donors (Lipinski definition) is 3. The summed E-state index contributed by atoms with van der Waals surface area (Å²) in [5.41, 5.74) is 2.24. The number of anilines is 1. The van der Waals surface area contributed by atoms with E-state index >= 15 is 0 Å². The van der Waals surface area contributed by atoms with E-state index in [2.05, 4.69) is 25.6 Å². The van der Waals surface area contributed by atoms with Gasteiger partial charge in [-0.2, -0.15) is 0 Å². The van der Waals surface area contributed by atoms with Gasteiger partial charge in [-0.05, 0) is 24.6 Å². The summed E-state index contributed by atoms with van der Waals surface area (Å²) in [6, 6.07) is 0.266. The number of aromatic amines is 1. The van der Waals surface area contributed by atoms with Crippen LogP contribution in [0.5, 0.6) is 0 Å². The highest BCUT2D eigenvalue weighted by molar-refractivity contribution is 7.99. The maximum atomic E-state index is 11.6. The lowest BCUT2D eigenvalue weighted by Crippen LogP contribution is -2.16. The first kappa shape index (κ1) is 11.2. The molecule has 1 aliphatic carbocycles. The van der Waals surface area contributed by atoms with E-state index in [4.69, 9.17) is 5.84 Å². The highest BCUT2D eigenvalue weighted by Crippen LogP contribution is 2.37. The van der Waals surface area contributed by atoms with E-state index in [1.165, 1.54) is 18.0 Å². The molecule has 18 heavy (non-hydrogen) atoms. The molecule has 0 spiro atoms. The van der Waals surface area contributed by atoms with Crippen LogP contribution in [0.2, 0.25) is 0 Å². The van der Waals surface area contributed by atoms with Crippen molar-refractivity contribution in [3.63, 3.8) is 0 Å². The van der Waals surface area contributed by atoms with Crippen LogP contribution < -0.4 is 17.0 Å². The number of H-pyrrole nitrogens is 1. The topological polar surface area (TPSA) is 115 Å². The van der Waals surface area contributed by atoms with E-state index in [-0.39, 0.29) is 11.7 Å². The Morgan fingerprint density at radius 3 is 3.06 bits per heavy atom. The fourth-order valence-electron chi connectivity index (χ4n) is 1.58. The molecule has 0 bridgehead atoms. The zero-order valence-electron chi connectivity index (χ0n) is 9.33. The Morgan fingerprint density at radius 2 is 2.33 bits per heavy atom. The van der Waals surface area contributed by atoms with Crippen molar-refractivity contribution in [1.29, 1.82) is 0 Å². The molecule has 2 heterocycles. The van der Waals surface area contributed by atoms with Gasteiger partial charge in [-0.15, -0.1) is 5.10 Å². The summed E-state index contributed by atoms with van der Waals surface area (Å²) in [5.74, 6) is 5.73. The van der Waals surface area contributed by atoms with Gasteiger partial charge in [0, 0.05) is 6.04 Å². The second-order valence-corrected chi connectivity index (χ2v) is 4.89. The number of nitrogens with one attached hydrogen (secondary N) is 2. The lowest BCUT2D eigenvalue weighted by atomic mass is 10.7. The van der Waals surface area contributed by atoms with E-state index in [0.29, 0.717) is 16.0 Å². The standard InChI is InChI=1S/C9H11N7OS/c10-13-6-3-11-4-7(12-6)18-9-15-14-8(17)16(9)5-1-2-5/h3-5H,1-2,10H2,(H,12,13)(H,14,17). The van der Waals surface area contributed by atoms with Crippen molar-refractivity contribution >= 4 is 17.6 Å². The van der Waals surface area contributed by atoms with E-state index in [1.807, 2.05) is 0 Å². The fourth-order valence-corrected chi connectivity index (χ4v) is 2.44. The van der Waals surface area contributed by atoms with Gasteiger partial charge in [0.2, 0.25) is 0 Å². The third-order valence-electron chi connectivity index (χ3n) is 2.54. The number of nitrogens with two attached hydrogens (primary N) is 1. The van der Waals surface area contributed by atoms with Gasteiger partial charge in [0.1, 0.15) is 5.03 Å². The molecule has 1 aliphatic rings. The summed E-state index contributed by atoms with van der Waals surface area (Å²) in [7, 11) is 0. The Balaban J connectivity index is 1.89. The quantitative estimate of drug-likeness (QED) is 0.531. The molecule has 9 heteroatoms. The lowest BCUT2D eigenvalue weighted by molar-refractivity contribution is 0.642. The highest BCUT2D eigenvalue weighted by Gasteiger charge is 2.28. The van der Waals surface area contributed by atoms with Gasteiger partial charge in [-0.1, -0.05) is 0 Å². The molecule has 4 N–H and O–H groups in total. The average molecular weight is 265 g/mol. The first-order valence-corrected chi connectivity index (χ1v) is 6.23. The van der Waals surface area contributed by atoms with Crippen molar-refractivity contribution in [3.05, 3.63) is 22.9 Å². The van der Waals surface area contributed by atoms with Crippen LogP contribution in [0.3, 0.4) is 0 Å². The normalized spacial score (nSPS) is 14.7. The maximum Gasteiger partial charge on any atom is 0.344 e. The Hall–Kier alpha value is -1.87. The van der Waals surface area contributed by atoms with Crippen LogP contribution in [0.4, 0.5) is 5.82 Å². The molecule has 1 saturated carbocycles. The molecule has 0 aromatic carbocycles. The predicted octanol–water partition coefficient (Wildman–Crippen LogP) is 0.133. The van der Waals surface area contributed by atoms with Crippen molar-refractivity contribution in [2.75, 3.05) is 5.43 Å². The number of aromatic nitrogens is 5. The van der Waals surface area contributed by atoms with Crippen LogP contribution in [0.1, 0.15) is 18.9 Å². The smallest absolute Gasteiger partial charge is 0.307 e. The number of hydrazine groups is 1. The van der Waals surface area contributed by atoms with Gasteiger partial charge in [0.25, 0.3) is 0 Å². The molecule has 8 nitrogen and oxygen atoms in total. The van der Waals surface area contributed by atoms with E-state index in [0.717, 1.165) is 12.8 Å². The van der Waals surface area contributed by atoms with E-state index < -0.39 is 0 Å². The van der Waals surface area contributed by atoms with Gasteiger partial charge in [-0.3, -0.25) is 9.55 Å². The SMILES string of the molecule is NNc1cncc(Sc2n[nH]c(=O)n2C2CC2)n1. The molecule has 1 fully saturated rings. The summed E-state index contributed by atoms with van der Waals surface area (Å²) >= 11 is 1.28. The molecular formula is C9H11N7OS. The van der Waals surface area contributed by atoms with Gasteiger partial charge in [0.15, 0.2) is 11.0 Å². The summed E-state index contributed by atoms with van der Waals surface area (Å²) < 4.78 is 1.66. The third-order valence-corrected chi connectivity index (χ3v) is 3.42. The number of rotatable bonds is 4. The number of nitrogens with zero attached hydrogens (tertiary/aromatic N) is 4. The Morgan fingerprint density at radius 1 is 1.50 bits per heavy atom. The molecule has 0 saturated heterocycles. The van der Waals surface area contributed by atoms with Crippen LogP contribution in [0, 0.1) is 0 Å². The molecule has 0 atom stereocenters. The van der Waals surface area contributed by atoms with Crippen LogP contribution >= 0.6 is 11.8 Å². The van der Waals surface area contributed by atoms with E-state index in [9.17, 15) is 4.79 Å². The van der Waals surface area contributed by atoms with Crippen LogP contribution in [0.25, 0.3) is 0 Å². The second kappa shape index (κ2) is 4.42. The Kier molecular flexibility index (Phi) is 2.76. The zero-order chi connectivity index (χ0) is 12.5. The number of hydrogen-bond acceptors (Lipinski definition) is 7. The molecule has 0 amide bonds. The average Bonchev–Trinajstić information content (AvgIpc) is 3.15. The van der Waals surface area contributed by atoms with Gasteiger partial charge in [0.05, 0.1) is 12.4 Å². The van der Waals surface area contributed by atoms with Crippen molar-refractivity contribution in [1.82, 2.24) is 24.7 Å². The van der Waals surface area contributed by atoms with Crippen LogP contribution in [-0.4, -0.2) is 24.7 Å². The summed E-state index contributed by atoms with van der Waals surface area (Å²) in [6.07, 6.45) is 5.15. The largest absolute Gasteiger partial charge is 0.344 e. The lowest BCUT2D eigenvalue weighted by Gasteiger charge is -2.03. The summed E-state index contributed by atoms with van der Waals surface area (Å²) in [6.45, 7) is 0. The van der Waals surface area contributed by atoms with E-state index in [1.54, 1.807) is 10.8 Å². The molecule has 0 unspecified atom stereocenters. The minimum absolute atomic E-state index is 0.180. The summed E-state index contributed by atoms with van der Waals surface area (Å²) in [5, 5.41) is 7.69. The zero-order valence-corrected chi connectivity index (χ0v) is 10.1. The van der Waals surface area contributed by atoms with Gasteiger partial charge in [-0.25, -0.2) is 20.7 Å². The molecule has 2 aromatic rings. The van der Waals surface area contributed by atoms with Gasteiger partial charge >= 0.3 is 5.69 Å². The van der Waals surface area contributed by atoms with Gasteiger partial charge < -0.3 is 5.43 Å². The minimum atomic E-state index is -0.180. The first-order valence-electron chi connectivity index (χ1n) is 5.41. The van der Waals surface area contributed by atoms with Crippen LogP contribution in [-0.2, 0) is 0 Å². The van der Waals surface area contributed by atoms with Crippen molar-refractivity contribution in [2.45, 2.75) is 29.1 Å². The second-order valence-electron chi connectivity index (χ2n) is 3.90. The van der Waals surface area contributed by atoms with Crippen molar-refractivity contribution in [3.8, 4) is 0 Å². The third kappa shape index (κ3) is 2.09. The molecule has 0 radical (unpaired) electrons. The molecule has 3 rings (SSSR count). The molecule has 94 valence electrons. The maximum absolute atomic E-state index is 11.6. The number of nitrogen functional groups attached to an aromatic ring is 1. The summed E-state index contributed by atoms with van der Waals surface area (Å²) in [4.78, 5) is 19.8. The molecular weight excluding hydrogens is 254 g/mol. The Bertz CT molecular complexity index is 617.